The average Bonchev–Trinajstić information content (AvgIpc) is 3.20. The van der Waals surface area contributed by atoms with Crippen LogP contribution in [0.15, 0.2) is 73.1 Å². The first kappa shape index (κ1) is 24.0. The minimum Gasteiger partial charge on any atom is -0.435 e. The second-order valence-corrected chi connectivity index (χ2v) is 8.38. The van der Waals surface area contributed by atoms with Gasteiger partial charge in [-0.3, -0.25) is 10.1 Å². The Kier molecular flexibility index (Phi) is 6.55. The first-order chi connectivity index (χ1) is 17.9. The van der Waals surface area contributed by atoms with Crippen molar-refractivity contribution in [2.75, 3.05) is 5.32 Å². The number of carbonyl (C=O) groups excluding carboxylic acids is 1. The molecule has 186 valence electrons. The number of nitrogens with zero attached hydrogens (tertiary/aromatic N) is 5. The van der Waals surface area contributed by atoms with Crippen molar-refractivity contribution in [3.05, 3.63) is 84.3 Å². The number of nitrogens with one attached hydrogen (secondary N) is 1. The van der Waals surface area contributed by atoms with Crippen LogP contribution in [0.25, 0.3) is 33.4 Å². The van der Waals surface area contributed by atoms with Gasteiger partial charge in [0.15, 0.2) is 5.65 Å². The minimum absolute atomic E-state index is 0.0437. The number of carbonyl (C=O) groups is 1. The first-order valence-electron chi connectivity index (χ1n) is 11.4. The van der Waals surface area contributed by atoms with Gasteiger partial charge in [0.25, 0.3) is 0 Å². The third kappa shape index (κ3) is 5.27. The molecule has 0 aliphatic carbocycles. The normalized spacial score (nSPS) is 11.2. The summed E-state index contributed by atoms with van der Waals surface area (Å²) in [5.41, 5.74) is 5.75. The van der Waals surface area contributed by atoms with E-state index in [1.165, 1.54) is 23.9 Å². The van der Waals surface area contributed by atoms with E-state index in [4.69, 9.17) is 0 Å². The maximum absolute atomic E-state index is 12.9. The third-order valence-corrected chi connectivity index (χ3v) is 5.75. The Balaban J connectivity index is 1.34. The number of fused-ring (bicyclic) bond motifs is 1. The maximum atomic E-state index is 12.9. The second kappa shape index (κ2) is 10.1. The van der Waals surface area contributed by atoms with Crippen LogP contribution in [0.3, 0.4) is 0 Å². The molecule has 2 aromatic carbocycles. The van der Waals surface area contributed by atoms with Crippen molar-refractivity contribution < 1.29 is 18.3 Å². The van der Waals surface area contributed by atoms with E-state index in [1.807, 2.05) is 19.9 Å². The van der Waals surface area contributed by atoms with E-state index in [0.717, 1.165) is 22.2 Å². The molecule has 37 heavy (non-hydrogen) atoms. The number of ether oxygens (including phenoxy) is 1. The van der Waals surface area contributed by atoms with Crippen LogP contribution >= 0.6 is 0 Å². The van der Waals surface area contributed by atoms with Crippen LogP contribution in [0.4, 0.5) is 14.7 Å². The van der Waals surface area contributed by atoms with Crippen molar-refractivity contribution in [2.45, 2.75) is 27.0 Å². The van der Waals surface area contributed by atoms with Crippen LogP contribution in [0.5, 0.6) is 5.75 Å². The molecule has 1 amide bonds. The number of rotatable bonds is 7. The van der Waals surface area contributed by atoms with Crippen molar-refractivity contribution in [3.63, 3.8) is 0 Å². The van der Waals surface area contributed by atoms with Crippen LogP contribution in [0, 0.1) is 13.8 Å². The highest BCUT2D eigenvalue weighted by molar-refractivity contribution is 5.96. The Bertz CT molecular complexity index is 1570. The SMILES string of the molecule is Cc1ccc(-c2ccnc3c2c(C)nn3CC(=O)Nc2nccc(-c3ccc(OC(F)F)cc3)n2)cc1. The summed E-state index contributed by atoms with van der Waals surface area (Å²) >= 11 is 0. The number of aromatic nitrogens is 5. The molecular formula is C27H22F2N6O2. The summed E-state index contributed by atoms with van der Waals surface area (Å²) in [5, 5.41) is 8.13. The molecule has 0 saturated carbocycles. The lowest BCUT2D eigenvalue weighted by Gasteiger charge is -2.08. The summed E-state index contributed by atoms with van der Waals surface area (Å²) in [4.78, 5) is 25.8. The molecular weight excluding hydrogens is 478 g/mol. The monoisotopic (exact) mass is 500 g/mol. The standard InChI is InChI=1S/C27H22F2N6O2/c1-16-3-5-18(6-4-16)21-11-13-30-25-24(21)17(2)34-35(25)15-23(36)33-27-31-14-12-22(32-27)19-7-9-20(10-8-19)37-26(28)29/h3-14,26H,15H2,1-2H3,(H,31,32,33,36). The van der Waals surface area contributed by atoms with E-state index in [9.17, 15) is 13.6 Å². The van der Waals surface area contributed by atoms with E-state index in [1.54, 1.807) is 29.1 Å². The van der Waals surface area contributed by atoms with Gasteiger partial charge in [-0.25, -0.2) is 19.6 Å². The average molecular weight is 501 g/mol. The lowest BCUT2D eigenvalue weighted by atomic mass is 10.0. The van der Waals surface area contributed by atoms with Crippen molar-refractivity contribution in [1.29, 1.82) is 0 Å². The molecule has 0 fully saturated rings. The highest BCUT2D eigenvalue weighted by atomic mass is 19.3. The molecule has 1 N–H and O–H groups in total. The van der Waals surface area contributed by atoms with E-state index in [2.05, 4.69) is 54.4 Å². The number of anilines is 1. The van der Waals surface area contributed by atoms with Gasteiger partial charge < -0.3 is 4.74 Å². The zero-order valence-electron chi connectivity index (χ0n) is 20.0. The fourth-order valence-electron chi connectivity index (χ4n) is 4.05. The Morgan fingerprint density at radius 3 is 2.38 bits per heavy atom. The van der Waals surface area contributed by atoms with Crippen molar-refractivity contribution in [3.8, 4) is 28.1 Å². The summed E-state index contributed by atoms with van der Waals surface area (Å²) in [6.45, 7) is 0.948. The number of amides is 1. The highest BCUT2D eigenvalue weighted by Gasteiger charge is 2.17. The van der Waals surface area contributed by atoms with Crippen LogP contribution in [-0.4, -0.2) is 37.3 Å². The topological polar surface area (TPSA) is 94.8 Å². The predicted octanol–water partition coefficient (Wildman–Crippen LogP) is 5.41. The number of halogens is 2. The summed E-state index contributed by atoms with van der Waals surface area (Å²) in [7, 11) is 0. The molecule has 0 aliphatic rings. The van der Waals surface area contributed by atoms with Crippen LogP contribution < -0.4 is 10.1 Å². The Morgan fingerprint density at radius 1 is 0.946 bits per heavy atom. The molecule has 3 aromatic heterocycles. The molecule has 0 aliphatic heterocycles. The van der Waals surface area contributed by atoms with Crippen LogP contribution in [0.2, 0.25) is 0 Å². The molecule has 0 bridgehead atoms. The quantitative estimate of drug-likeness (QED) is 0.321. The number of benzene rings is 2. The molecule has 5 rings (SSSR count). The first-order valence-corrected chi connectivity index (χ1v) is 11.4. The van der Waals surface area contributed by atoms with E-state index < -0.39 is 6.61 Å². The summed E-state index contributed by atoms with van der Waals surface area (Å²) in [5.74, 6) is -0.219. The van der Waals surface area contributed by atoms with Gasteiger partial charge in [0.2, 0.25) is 11.9 Å². The van der Waals surface area contributed by atoms with E-state index in [0.29, 0.717) is 16.9 Å². The molecule has 0 radical (unpaired) electrons. The number of alkyl halides is 2. The van der Waals surface area contributed by atoms with E-state index in [-0.39, 0.29) is 24.1 Å². The number of hydrogen-bond acceptors (Lipinski definition) is 6. The lowest BCUT2D eigenvalue weighted by molar-refractivity contribution is -0.116. The van der Waals surface area contributed by atoms with Gasteiger partial charge in [-0.1, -0.05) is 29.8 Å². The summed E-state index contributed by atoms with van der Waals surface area (Å²) in [6.07, 6.45) is 3.21. The Labute approximate surface area is 211 Å². The predicted molar refractivity (Wildman–Crippen MR) is 135 cm³/mol. The van der Waals surface area contributed by atoms with Gasteiger partial charge in [-0.15, -0.1) is 0 Å². The molecule has 0 saturated heterocycles. The molecule has 0 unspecified atom stereocenters. The lowest BCUT2D eigenvalue weighted by Crippen LogP contribution is -2.21. The Morgan fingerprint density at radius 2 is 1.65 bits per heavy atom. The van der Waals surface area contributed by atoms with Crippen molar-refractivity contribution in [1.82, 2.24) is 24.7 Å². The van der Waals surface area contributed by atoms with Gasteiger partial charge >= 0.3 is 6.61 Å². The van der Waals surface area contributed by atoms with Gasteiger partial charge in [-0.05, 0) is 61.4 Å². The summed E-state index contributed by atoms with van der Waals surface area (Å²) in [6, 6.07) is 17.8. The molecule has 5 aromatic rings. The fraction of sp³-hybridized carbons (Fsp3) is 0.148. The number of hydrogen-bond donors (Lipinski definition) is 1. The number of pyridine rings is 1. The highest BCUT2D eigenvalue weighted by Crippen LogP contribution is 2.30. The minimum atomic E-state index is -2.90. The van der Waals surface area contributed by atoms with Crippen molar-refractivity contribution >= 4 is 22.9 Å². The van der Waals surface area contributed by atoms with E-state index >= 15 is 0 Å². The zero-order chi connectivity index (χ0) is 25.9. The molecule has 10 heteroatoms. The Hall–Kier alpha value is -4.73. The largest absolute Gasteiger partial charge is 0.435 e. The third-order valence-electron chi connectivity index (χ3n) is 5.75. The van der Waals surface area contributed by atoms with Crippen LogP contribution in [0.1, 0.15) is 11.3 Å². The molecule has 0 atom stereocenters. The maximum Gasteiger partial charge on any atom is 0.387 e. The van der Waals surface area contributed by atoms with Crippen molar-refractivity contribution in [2.24, 2.45) is 0 Å². The van der Waals surface area contributed by atoms with Gasteiger partial charge in [-0.2, -0.15) is 13.9 Å². The van der Waals surface area contributed by atoms with Crippen LogP contribution in [-0.2, 0) is 11.3 Å². The van der Waals surface area contributed by atoms with Gasteiger partial charge in [0.05, 0.1) is 11.4 Å². The summed E-state index contributed by atoms with van der Waals surface area (Å²) < 4.78 is 30.7. The number of aryl methyl sites for hydroxylation is 2. The van der Waals surface area contributed by atoms with Gasteiger partial charge in [0.1, 0.15) is 12.3 Å². The smallest absolute Gasteiger partial charge is 0.387 e. The molecule has 3 heterocycles. The zero-order valence-corrected chi connectivity index (χ0v) is 20.0. The van der Waals surface area contributed by atoms with Gasteiger partial charge in [0, 0.05) is 23.3 Å². The molecule has 0 spiro atoms. The fourth-order valence-corrected chi connectivity index (χ4v) is 4.05. The second-order valence-electron chi connectivity index (χ2n) is 8.38. The molecule has 8 nitrogen and oxygen atoms in total.